The lowest BCUT2D eigenvalue weighted by molar-refractivity contribution is 0.596. The molecule has 2 N–H and O–H groups in total. The summed E-state index contributed by atoms with van der Waals surface area (Å²) in [6.07, 6.45) is 1.83. The van der Waals surface area contributed by atoms with Gasteiger partial charge in [0.2, 0.25) is 0 Å². The number of rotatable bonds is 3. The van der Waals surface area contributed by atoms with Gasteiger partial charge in [0.1, 0.15) is 5.69 Å². The van der Waals surface area contributed by atoms with Gasteiger partial charge >= 0.3 is 0 Å². The highest BCUT2D eigenvalue weighted by Gasteiger charge is 2.09. The van der Waals surface area contributed by atoms with E-state index < -0.39 is 11.4 Å². The second kappa shape index (κ2) is 5.46. The summed E-state index contributed by atoms with van der Waals surface area (Å²) in [5.74, 6) is 0. The molecule has 0 aliphatic carbocycles. The zero-order valence-corrected chi connectivity index (χ0v) is 11.3. The zero-order valence-electron chi connectivity index (χ0n) is 10.5. The van der Waals surface area contributed by atoms with E-state index >= 15 is 0 Å². The minimum atomic E-state index is -1.50. The van der Waals surface area contributed by atoms with Gasteiger partial charge in [0, 0.05) is 11.6 Å². The van der Waals surface area contributed by atoms with Crippen LogP contribution >= 0.6 is 0 Å². The Morgan fingerprint density at radius 1 is 1.05 bits per heavy atom. The molecule has 100 valence electrons. The van der Waals surface area contributed by atoms with Gasteiger partial charge in [-0.05, 0) is 12.1 Å². The molecule has 0 aliphatic rings. The molecule has 1 aromatic heterocycles. The second-order valence-electron chi connectivity index (χ2n) is 4.21. The van der Waals surface area contributed by atoms with E-state index in [2.05, 4.69) is 10.3 Å². The summed E-state index contributed by atoms with van der Waals surface area (Å²) in [6.45, 7) is 0. The predicted octanol–water partition coefficient (Wildman–Crippen LogP) is 1.92. The summed E-state index contributed by atoms with van der Waals surface area (Å²) in [5.41, 5.74) is 2.55. The number of nitrogens with two attached hydrogens (primary N) is 1. The van der Waals surface area contributed by atoms with Crippen molar-refractivity contribution in [2.24, 2.45) is 5.14 Å². The standard InChI is InChI=1S/C14H12N4OS/c15-20(19)13-8-4-7-12(9-13)18-10-14(16-17-18)11-5-2-1-3-6-11/h1-10H,15H2. The first kappa shape index (κ1) is 12.9. The SMILES string of the molecule is N[S+]([O-])c1cccc(-n2cc(-c3ccccc3)nn2)c1. The van der Waals surface area contributed by atoms with Crippen LogP contribution < -0.4 is 5.14 Å². The Morgan fingerprint density at radius 3 is 2.60 bits per heavy atom. The molecule has 3 rings (SSSR count). The lowest BCUT2D eigenvalue weighted by Gasteiger charge is -2.04. The molecule has 1 atom stereocenters. The highest BCUT2D eigenvalue weighted by atomic mass is 32.2. The molecule has 0 bridgehead atoms. The Labute approximate surface area is 119 Å². The van der Waals surface area contributed by atoms with Gasteiger partial charge in [0.25, 0.3) is 0 Å². The Hall–Kier alpha value is -2.15. The molecule has 6 heteroatoms. The van der Waals surface area contributed by atoms with Crippen LogP contribution in [0.4, 0.5) is 0 Å². The van der Waals surface area contributed by atoms with E-state index in [0.29, 0.717) is 4.90 Å². The number of benzene rings is 2. The van der Waals surface area contributed by atoms with E-state index in [1.165, 1.54) is 0 Å². The van der Waals surface area contributed by atoms with Crippen LogP contribution in [0.5, 0.6) is 0 Å². The molecular formula is C14H12N4OS. The summed E-state index contributed by atoms with van der Waals surface area (Å²) in [7, 11) is 0. The van der Waals surface area contributed by atoms with E-state index in [9.17, 15) is 4.55 Å². The molecule has 0 spiro atoms. The van der Waals surface area contributed by atoms with Crippen molar-refractivity contribution in [3.05, 3.63) is 60.8 Å². The monoisotopic (exact) mass is 284 g/mol. The molecule has 1 heterocycles. The van der Waals surface area contributed by atoms with Crippen LogP contribution in [0.15, 0.2) is 65.7 Å². The lowest BCUT2D eigenvalue weighted by Crippen LogP contribution is -2.12. The first-order chi connectivity index (χ1) is 9.74. The molecular weight excluding hydrogens is 272 g/mol. The van der Waals surface area contributed by atoms with Crippen molar-refractivity contribution in [1.29, 1.82) is 0 Å². The highest BCUT2D eigenvalue weighted by molar-refractivity contribution is 7.89. The smallest absolute Gasteiger partial charge is 0.175 e. The second-order valence-corrected chi connectivity index (χ2v) is 5.28. The van der Waals surface area contributed by atoms with Crippen molar-refractivity contribution in [1.82, 2.24) is 15.0 Å². The number of hydrogen-bond acceptors (Lipinski definition) is 4. The molecule has 1 unspecified atom stereocenters. The van der Waals surface area contributed by atoms with Crippen LogP contribution in [-0.2, 0) is 11.4 Å². The van der Waals surface area contributed by atoms with E-state index in [-0.39, 0.29) is 0 Å². The van der Waals surface area contributed by atoms with Gasteiger partial charge in [0.05, 0.1) is 23.2 Å². The molecule has 0 amide bonds. The van der Waals surface area contributed by atoms with Crippen LogP contribution in [0.2, 0.25) is 0 Å². The number of hydrogen-bond donors (Lipinski definition) is 1. The van der Waals surface area contributed by atoms with Gasteiger partial charge in [-0.25, -0.2) is 4.68 Å². The van der Waals surface area contributed by atoms with E-state index in [1.807, 2.05) is 42.6 Å². The highest BCUT2D eigenvalue weighted by Crippen LogP contribution is 2.18. The van der Waals surface area contributed by atoms with Crippen molar-refractivity contribution < 1.29 is 4.55 Å². The Balaban J connectivity index is 1.96. The van der Waals surface area contributed by atoms with Crippen molar-refractivity contribution in [2.45, 2.75) is 4.90 Å². The van der Waals surface area contributed by atoms with Gasteiger partial charge in [-0.15, -0.1) is 10.2 Å². The fourth-order valence-electron chi connectivity index (χ4n) is 1.88. The summed E-state index contributed by atoms with van der Waals surface area (Å²) < 4.78 is 12.9. The number of nitrogens with zero attached hydrogens (tertiary/aromatic N) is 3. The van der Waals surface area contributed by atoms with E-state index in [0.717, 1.165) is 16.9 Å². The summed E-state index contributed by atoms with van der Waals surface area (Å²) in [6, 6.07) is 16.9. The van der Waals surface area contributed by atoms with Crippen molar-refractivity contribution in [2.75, 3.05) is 0 Å². The summed E-state index contributed by atoms with van der Waals surface area (Å²) >= 11 is -1.50. The van der Waals surface area contributed by atoms with E-state index in [1.54, 1.807) is 22.9 Å². The van der Waals surface area contributed by atoms with Crippen LogP contribution in [0.1, 0.15) is 0 Å². The molecule has 0 aliphatic heterocycles. The van der Waals surface area contributed by atoms with Crippen molar-refractivity contribution in [3.63, 3.8) is 0 Å². The maximum atomic E-state index is 11.3. The third-order valence-electron chi connectivity index (χ3n) is 2.88. The first-order valence-electron chi connectivity index (χ1n) is 5.98. The van der Waals surface area contributed by atoms with Gasteiger partial charge in [0.15, 0.2) is 4.90 Å². The fourth-order valence-corrected chi connectivity index (χ4v) is 2.33. The van der Waals surface area contributed by atoms with Gasteiger partial charge in [-0.1, -0.05) is 41.6 Å². The maximum Gasteiger partial charge on any atom is 0.175 e. The normalized spacial score (nSPS) is 12.3. The Kier molecular flexibility index (Phi) is 3.51. The zero-order chi connectivity index (χ0) is 13.9. The van der Waals surface area contributed by atoms with Gasteiger partial charge in [-0.3, -0.25) is 0 Å². The molecule has 0 fully saturated rings. The third-order valence-corrected chi connectivity index (χ3v) is 3.60. The number of aromatic nitrogens is 3. The summed E-state index contributed by atoms with van der Waals surface area (Å²) in [4.78, 5) is 0.555. The minimum Gasteiger partial charge on any atom is -0.593 e. The molecule has 5 nitrogen and oxygen atoms in total. The van der Waals surface area contributed by atoms with Gasteiger partial charge < -0.3 is 4.55 Å². The summed E-state index contributed by atoms with van der Waals surface area (Å²) in [5, 5.41) is 13.6. The topological polar surface area (TPSA) is 79.8 Å². The molecule has 20 heavy (non-hydrogen) atoms. The Morgan fingerprint density at radius 2 is 1.85 bits per heavy atom. The average molecular weight is 284 g/mol. The Bertz CT molecular complexity index is 712. The molecule has 0 saturated carbocycles. The van der Waals surface area contributed by atoms with Crippen LogP contribution in [0.25, 0.3) is 16.9 Å². The van der Waals surface area contributed by atoms with Crippen LogP contribution in [0.3, 0.4) is 0 Å². The minimum absolute atomic E-state index is 0.555. The van der Waals surface area contributed by atoms with Crippen molar-refractivity contribution >= 4 is 11.4 Å². The average Bonchev–Trinajstić information content (AvgIpc) is 2.98. The van der Waals surface area contributed by atoms with Gasteiger partial charge in [-0.2, -0.15) is 0 Å². The first-order valence-corrected chi connectivity index (χ1v) is 7.20. The van der Waals surface area contributed by atoms with Crippen LogP contribution in [0, 0.1) is 0 Å². The fraction of sp³-hybridized carbons (Fsp3) is 0. The maximum absolute atomic E-state index is 11.3. The lowest BCUT2D eigenvalue weighted by atomic mass is 10.2. The van der Waals surface area contributed by atoms with E-state index in [4.69, 9.17) is 5.14 Å². The van der Waals surface area contributed by atoms with Crippen molar-refractivity contribution in [3.8, 4) is 16.9 Å². The third kappa shape index (κ3) is 2.57. The molecule has 2 aromatic carbocycles. The predicted molar refractivity (Wildman–Crippen MR) is 77.4 cm³/mol. The molecule has 0 saturated heterocycles. The largest absolute Gasteiger partial charge is 0.593 e. The molecule has 3 aromatic rings. The van der Waals surface area contributed by atoms with Crippen LogP contribution in [-0.4, -0.2) is 19.5 Å². The molecule has 0 radical (unpaired) electrons. The quantitative estimate of drug-likeness (QED) is 0.745.